The minimum atomic E-state index is -4.80. The van der Waals surface area contributed by atoms with Crippen molar-refractivity contribution in [3.05, 3.63) is 89.0 Å². The van der Waals surface area contributed by atoms with Gasteiger partial charge in [-0.1, -0.05) is 17.2 Å². The third-order valence-corrected chi connectivity index (χ3v) is 12.5. The van der Waals surface area contributed by atoms with Gasteiger partial charge in [-0.25, -0.2) is 10.2 Å². The van der Waals surface area contributed by atoms with E-state index in [-0.39, 0.29) is 99.2 Å². The number of azo groups is 3. The fraction of sp³-hybridized carbons (Fsp3) is 0.250. The van der Waals surface area contributed by atoms with Crippen LogP contribution >= 0.6 is 12.0 Å². The molecule has 32 heteroatoms. The van der Waals surface area contributed by atoms with Gasteiger partial charge in [-0.05, 0) is 87.2 Å². The van der Waals surface area contributed by atoms with Gasteiger partial charge in [0.2, 0.25) is 5.88 Å². The molecular weight excluding hydrogens is 1050 g/mol. The molecule has 2 heterocycles. The summed E-state index contributed by atoms with van der Waals surface area (Å²) in [5.41, 5.74) is 2.53. The Bertz CT molecular complexity index is 3610. The predicted molar refractivity (Wildman–Crippen MR) is 256 cm³/mol. The molecule has 4 aromatic carbocycles. The second kappa shape index (κ2) is 23.7. The number of aryl methyl sites for hydroxylation is 2. The lowest BCUT2D eigenvalue weighted by Crippen LogP contribution is -2.08. The van der Waals surface area contributed by atoms with Crippen LogP contribution in [0.4, 0.5) is 34.1 Å². The summed E-state index contributed by atoms with van der Waals surface area (Å²) in [6.45, 7) is 4.33. The van der Waals surface area contributed by atoms with Gasteiger partial charge < -0.3 is 14.6 Å². The number of imidazole rings is 1. The van der Waals surface area contributed by atoms with Crippen LogP contribution in [0.2, 0.25) is 0 Å². The zero-order valence-electron chi connectivity index (χ0n) is 37.7. The summed E-state index contributed by atoms with van der Waals surface area (Å²) >= 11 is 0.488. The number of para-hydroxylation sites is 2. The quantitative estimate of drug-likeness (QED) is 0.0104. The SMILES string of the molecule is CS(=O)(=O)O.Cc1cc(N=Nc2c(C)c(C#N)c3nc4ccccc4n3c2O)c(OCCCS(=O)(=O)O)cc1N=Nc1cc(C)c(N=Nc2cc(SOOO)ccc2S(=O)(=O)O)cc1OCCCS(=O)(=O)O. The Balaban J connectivity index is 0.00000183. The molecule has 0 aliphatic carbocycles. The Hall–Kier alpha value is -6.61. The van der Waals surface area contributed by atoms with Crippen molar-refractivity contribution in [2.24, 2.45) is 30.7 Å². The first-order valence-electron chi connectivity index (χ1n) is 20.1. The number of nitrogens with zero attached hydrogens (tertiary/aromatic N) is 9. The molecule has 0 atom stereocenters. The van der Waals surface area contributed by atoms with Crippen LogP contribution in [-0.2, 0) is 49.8 Å². The van der Waals surface area contributed by atoms with Crippen molar-refractivity contribution in [3.8, 4) is 23.4 Å². The van der Waals surface area contributed by atoms with Crippen molar-refractivity contribution in [2.75, 3.05) is 31.0 Å². The van der Waals surface area contributed by atoms with Crippen molar-refractivity contribution < 1.29 is 81.1 Å². The van der Waals surface area contributed by atoms with Crippen LogP contribution in [0.3, 0.4) is 0 Å². The molecule has 0 saturated heterocycles. The van der Waals surface area contributed by atoms with Crippen LogP contribution in [0.25, 0.3) is 16.7 Å². The highest BCUT2D eigenvalue weighted by atomic mass is 32.2. The van der Waals surface area contributed by atoms with Gasteiger partial charge in [0.25, 0.3) is 40.5 Å². The van der Waals surface area contributed by atoms with Crippen molar-refractivity contribution in [1.29, 1.82) is 5.26 Å². The van der Waals surface area contributed by atoms with E-state index in [0.29, 0.717) is 40.5 Å². The van der Waals surface area contributed by atoms with Gasteiger partial charge in [0.1, 0.15) is 45.1 Å². The highest BCUT2D eigenvalue weighted by Gasteiger charge is 2.22. The van der Waals surface area contributed by atoms with E-state index in [0.717, 1.165) is 6.07 Å². The molecule has 0 radical (unpaired) electrons. The fourth-order valence-corrected chi connectivity index (χ4v) is 8.18. The third-order valence-electron chi connectivity index (χ3n) is 9.37. The number of ether oxygens (including phenoxy) is 2. The Kier molecular flexibility index (Phi) is 18.6. The fourth-order valence-electron chi connectivity index (χ4n) is 6.21. The van der Waals surface area contributed by atoms with Gasteiger partial charge in [0.05, 0.1) is 65.4 Å². The molecular formula is C40H41N9O18S5. The lowest BCUT2D eigenvalue weighted by molar-refractivity contribution is -0.432. The molecule has 0 aliphatic heterocycles. The maximum absolute atomic E-state index is 12.1. The molecule has 6 aromatic rings. The van der Waals surface area contributed by atoms with Crippen molar-refractivity contribution in [3.63, 3.8) is 0 Å². The predicted octanol–water partition coefficient (Wildman–Crippen LogP) is 8.73. The maximum Gasteiger partial charge on any atom is 0.296 e. The molecule has 6 N–H and O–H groups in total. The minimum Gasteiger partial charge on any atom is -0.493 e. The largest absolute Gasteiger partial charge is 0.493 e. The monoisotopic (exact) mass is 1100 g/mol. The Labute approximate surface area is 414 Å². The Morgan fingerprint density at radius 1 is 0.694 bits per heavy atom. The lowest BCUT2D eigenvalue weighted by Gasteiger charge is -2.12. The van der Waals surface area contributed by atoms with Gasteiger partial charge in [0.15, 0.2) is 11.3 Å². The molecule has 384 valence electrons. The Morgan fingerprint density at radius 3 is 1.69 bits per heavy atom. The normalized spacial score (nSPS) is 12.5. The standard InChI is InChI=1S/C39H37N9O15S4.CH4O3S/c1-22-16-30(34(60-12-6-14-65(51,52)53)20-29(22)43-46-32-18-25(64-63-62-50)10-11-36(32)67(57,58)59)44-42-28-19-35(61-13-7-15-66(54,55)56)31(17-23(28)2)45-47-37-24(3)26(21-40)38-41-27-8-4-5-9-33(27)48(38)39(37)49;1-5(2,3)4/h4-5,8-11,16-20,49-50H,6-7,12-15H2,1-3H3,(H,51,52,53)(H,54,55,56)(H,57,58,59);1H3,(H,2,3,4). The summed E-state index contributed by atoms with van der Waals surface area (Å²) in [7, 11) is -17.1. The van der Waals surface area contributed by atoms with E-state index in [4.69, 9.17) is 19.3 Å². The van der Waals surface area contributed by atoms with Gasteiger partial charge in [0, 0.05) is 22.6 Å². The second-order valence-corrected chi connectivity index (χ2v) is 21.7. The summed E-state index contributed by atoms with van der Waals surface area (Å²) in [5, 5.41) is 59.2. The van der Waals surface area contributed by atoms with Crippen molar-refractivity contribution in [1.82, 2.24) is 9.38 Å². The Morgan fingerprint density at radius 2 is 1.19 bits per heavy atom. The molecule has 0 bridgehead atoms. The van der Waals surface area contributed by atoms with Crippen LogP contribution in [-0.4, -0.2) is 103 Å². The summed E-state index contributed by atoms with van der Waals surface area (Å²) in [5.74, 6) is -1.61. The highest BCUT2D eigenvalue weighted by molar-refractivity contribution is 7.94. The summed E-state index contributed by atoms with van der Waals surface area (Å²) < 4.78 is 142. The molecule has 0 spiro atoms. The molecule has 72 heavy (non-hydrogen) atoms. The molecule has 2 aromatic heterocycles. The zero-order chi connectivity index (χ0) is 53.2. The third kappa shape index (κ3) is 15.9. The zero-order valence-corrected chi connectivity index (χ0v) is 41.8. The maximum atomic E-state index is 12.1. The number of aromatic hydroxyl groups is 1. The molecule has 0 saturated carbocycles. The average Bonchev–Trinajstić information content (AvgIpc) is 3.66. The first kappa shape index (κ1) is 56.3. The number of hydrogen-bond donors (Lipinski definition) is 6. The van der Waals surface area contributed by atoms with E-state index in [1.54, 1.807) is 45.0 Å². The van der Waals surface area contributed by atoms with E-state index >= 15 is 0 Å². The van der Waals surface area contributed by atoms with Crippen LogP contribution in [0, 0.1) is 32.1 Å². The minimum absolute atomic E-state index is 0.0150. The van der Waals surface area contributed by atoms with Crippen LogP contribution in [0.15, 0.2) is 107 Å². The highest BCUT2D eigenvalue weighted by Crippen LogP contribution is 2.43. The first-order chi connectivity index (χ1) is 33.7. The molecule has 6 rings (SSSR count). The second-order valence-electron chi connectivity index (χ2n) is 14.9. The molecule has 0 unspecified atom stereocenters. The summed E-state index contributed by atoms with van der Waals surface area (Å²) in [6, 6.07) is 18.2. The van der Waals surface area contributed by atoms with E-state index in [2.05, 4.69) is 51.1 Å². The van der Waals surface area contributed by atoms with Crippen molar-refractivity contribution >= 4 is 103 Å². The average molecular weight is 1100 g/mol. The van der Waals surface area contributed by atoms with Crippen LogP contribution < -0.4 is 9.47 Å². The molecule has 0 fully saturated rings. The number of benzene rings is 4. The van der Waals surface area contributed by atoms with E-state index in [1.807, 2.05) is 0 Å². The van der Waals surface area contributed by atoms with E-state index in [9.17, 15) is 57.7 Å². The molecule has 0 amide bonds. The topological polar surface area (TPSA) is 410 Å². The van der Waals surface area contributed by atoms with E-state index < -0.39 is 56.9 Å². The summed E-state index contributed by atoms with van der Waals surface area (Å²) in [4.78, 5) is 4.07. The number of fused-ring (bicyclic) bond motifs is 3. The van der Waals surface area contributed by atoms with Gasteiger partial charge in [-0.15, -0.1) is 24.8 Å². The van der Waals surface area contributed by atoms with Gasteiger partial charge >= 0.3 is 0 Å². The number of pyridine rings is 1. The van der Waals surface area contributed by atoms with Crippen LogP contribution in [0.1, 0.15) is 35.1 Å². The molecule has 0 aliphatic rings. The van der Waals surface area contributed by atoms with Crippen LogP contribution in [0.5, 0.6) is 17.4 Å². The summed E-state index contributed by atoms with van der Waals surface area (Å²) in [6.07, 6.45) is 0.427. The smallest absolute Gasteiger partial charge is 0.296 e. The first-order valence-corrected chi connectivity index (χ1v) is 27.3. The number of aromatic nitrogens is 2. The van der Waals surface area contributed by atoms with Crippen molar-refractivity contribution in [2.45, 2.75) is 43.4 Å². The van der Waals surface area contributed by atoms with Gasteiger partial charge in [-0.2, -0.15) is 49.2 Å². The number of hydrogen-bond acceptors (Lipinski definition) is 23. The van der Waals surface area contributed by atoms with E-state index in [1.165, 1.54) is 40.8 Å². The lowest BCUT2D eigenvalue weighted by atomic mass is 10.1. The van der Waals surface area contributed by atoms with Gasteiger partial charge in [-0.3, -0.25) is 22.6 Å². The number of rotatable bonds is 20. The number of nitriles is 1. The molecule has 27 nitrogen and oxygen atoms in total.